The molecule has 2 aromatic rings. The normalized spacial score (nSPS) is 18.9. The lowest BCUT2D eigenvalue weighted by Gasteiger charge is -2.37. The second-order valence-corrected chi connectivity index (χ2v) is 10.5. The van der Waals surface area contributed by atoms with E-state index in [4.69, 9.17) is 0 Å². The van der Waals surface area contributed by atoms with Crippen molar-refractivity contribution in [3.8, 4) is 0 Å². The van der Waals surface area contributed by atoms with Crippen molar-refractivity contribution in [3.63, 3.8) is 0 Å². The molecule has 40 heavy (non-hydrogen) atoms. The van der Waals surface area contributed by atoms with Crippen molar-refractivity contribution in [3.05, 3.63) is 71.8 Å². The summed E-state index contributed by atoms with van der Waals surface area (Å²) in [6.45, 7) is 7.88. The Morgan fingerprint density at radius 2 is 0.925 bits per heavy atom. The summed E-state index contributed by atoms with van der Waals surface area (Å²) in [6, 6.07) is 19.3. The summed E-state index contributed by atoms with van der Waals surface area (Å²) in [5.74, 6) is -1.24. The van der Waals surface area contributed by atoms with Crippen molar-refractivity contribution in [1.29, 1.82) is 0 Å². The molecule has 4 amide bonds. The Bertz CT molecular complexity index is 1070. The number of carbonyl (C=O) groups is 4. The first kappa shape index (κ1) is 29.2. The highest BCUT2D eigenvalue weighted by molar-refractivity contribution is 6.35. The van der Waals surface area contributed by atoms with Crippen LogP contribution in [0.25, 0.3) is 0 Å². The molecule has 0 saturated carbocycles. The molecule has 2 N–H and O–H groups in total. The number of nitrogens with zero attached hydrogens (tertiary/aromatic N) is 4. The zero-order valence-corrected chi connectivity index (χ0v) is 23.4. The lowest BCUT2D eigenvalue weighted by Crippen LogP contribution is -2.58. The second kappa shape index (κ2) is 14.0. The number of fused-ring (bicyclic) bond motifs is 9. The van der Waals surface area contributed by atoms with Crippen LogP contribution in [-0.4, -0.2) is 109 Å². The molecule has 2 atom stereocenters. The highest BCUT2D eigenvalue weighted by atomic mass is 16.2. The van der Waals surface area contributed by atoms with Gasteiger partial charge in [-0.1, -0.05) is 60.7 Å². The molecule has 10 heteroatoms. The summed E-state index contributed by atoms with van der Waals surface area (Å²) in [5.41, 5.74) is 2.04. The molecule has 2 aromatic carbocycles. The molecule has 214 valence electrons. The van der Waals surface area contributed by atoms with E-state index in [0.717, 1.165) is 11.1 Å². The lowest BCUT2D eigenvalue weighted by atomic mass is 10.1. The molecule has 5 rings (SSSR count). The van der Waals surface area contributed by atoms with Gasteiger partial charge in [-0.2, -0.15) is 0 Å². The van der Waals surface area contributed by atoms with Crippen LogP contribution in [0.4, 0.5) is 0 Å². The van der Waals surface area contributed by atoms with Crippen LogP contribution in [0.3, 0.4) is 0 Å². The topological polar surface area (TPSA) is 105 Å². The van der Waals surface area contributed by atoms with E-state index >= 15 is 0 Å². The molecule has 3 fully saturated rings. The number of amides is 4. The van der Waals surface area contributed by atoms with E-state index in [2.05, 4.69) is 10.6 Å². The van der Waals surface area contributed by atoms with Gasteiger partial charge in [-0.25, -0.2) is 0 Å². The lowest BCUT2D eigenvalue weighted by molar-refractivity contribution is -0.156. The maximum absolute atomic E-state index is 13.0. The van der Waals surface area contributed by atoms with Crippen LogP contribution >= 0.6 is 0 Å². The summed E-state index contributed by atoms with van der Waals surface area (Å²) >= 11 is 0. The number of hydrogen-bond acceptors (Lipinski definition) is 6. The molecule has 3 aliphatic heterocycles. The van der Waals surface area contributed by atoms with E-state index in [1.807, 2.05) is 84.3 Å². The summed E-state index contributed by atoms with van der Waals surface area (Å²) in [6.07, 6.45) is 0. The van der Waals surface area contributed by atoms with Crippen LogP contribution in [0.2, 0.25) is 0 Å². The van der Waals surface area contributed by atoms with Crippen LogP contribution in [0, 0.1) is 0 Å². The number of carbonyl (C=O) groups excluding carboxylic acids is 4. The van der Waals surface area contributed by atoms with Crippen molar-refractivity contribution < 1.29 is 19.2 Å². The van der Waals surface area contributed by atoms with Crippen molar-refractivity contribution in [2.75, 3.05) is 65.4 Å². The van der Waals surface area contributed by atoms with Crippen LogP contribution < -0.4 is 10.6 Å². The SMILES string of the molecule is C[C@@H](NC(=O)CN1CCN(CC(=O)N[C@H](C)c2ccccc2)CCN2CCN(CC1)C(=O)C2=O)c1ccccc1. The van der Waals surface area contributed by atoms with E-state index in [1.54, 1.807) is 9.80 Å². The number of nitrogens with one attached hydrogen (secondary N) is 2. The summed E-state index contributed by atoms with van der Waals surface area (Å²) in [4.78, 5) is 58.6. The number of piperazine rings is 1. The Kier molecular flexibility index (Phi) is 10.3. The third kappa shape index (κ3) is 8.12. The van der Waals surface area contributed by atoms with Crippen molar-refractivity contribution in [1.82, 2.24) is 30.2 Å². The van der Waals surface area contributed by atoms with Gasteiger partial charge in [0.1, 0.15) is 0 Å². The first-order valence-electron chi connectivity index (χ1n) is 14.0. The van der Waals surface area contributed by atoms with Gasteiger partial charge < -0.3 is 20.4 Å². The molecule has 3 aliphatic rings. The standard InChI is InChI=1S/C30H40N6O4/c1-23(25-9-5-3-6-10-25)31-27(37)21-33-13-14-34(22-28(38)32-24(2)26-11-7-4-8-12-26)16-18-36-20-19-35(17-15-33)29(39)30(36)40/h3-12,23-24H,13-22H2,1-2H3,(H,31,37)(H,32,38)/t23-,24-/m1/s1. The number of benzene rings is 2. The van der Waals surface area contributed by atoms with Gasteiger partial charge in [-0.05, 0) is 25.0 Å². The molecule has 0 radical (unpaired) electrons. The third-order valence-corrected chi connectivity index (χ3v) is 7.59. The minimum absolute atomic E-state index is 0.114. The molecule has 0 aliphatic carbocycles. The first-order valence-corrected chi connectivity index (χ1v) is 14.0. The van der Waals surface area contributed by atoms with E-state index in [9.17, 15) is 19.2 Å². The van der Waals surface area contributed by atoms with E-state index in [0.29, 0.717) is 52.4 Å². The zero-order valence-electron chi connectivity index (χ0n) is 23.4. The van der Waals surface area contributed by atoms with Gasteiger partial charge in [-0.3, -0.25) is 29.0 Å². The van der Waals surface area contributed by atoms with Gasteiger partial charge in [0.25, 0.3) is 0 Å². The van der Waals surface area contributed by atoms with Gasteiger partial charge in [0.05, 0.1) is 25.2 Å². The summed E-state index contributed by atoms with van der Waals surface area (Å²) < 4.78 is 0. The molecular formula is C30H40N6O4. The Morgan fingerprint density at radius 1 is 0.600 bits per heavy atom. The van der Waals surface area contributed by atoms with Crippen molar-refractivity contribution in [2.24, 2.45) is 0 Å². The molecular weight excluding hydrogens is 508 g/mol. The molecule has 3 heterocycles. The quantitative estimate of drug-likeness (QED) is 0.478. The fraction of sp³-hybridized carbons (Fsp3) is 0.467. The van der Waals surface area contributed by atoms with E-state index in [-0.39, 0.29) is 37.0 Å². The van der Waals surface area contributed by atoms with Gasteiger partial charge in [0, 0.05) is 52.4 Å². The van der Waals surface area contributed by atoms with Gasteiger partial charge in [0.15, 0.2) is 0 Å². The summed E-state index contributed by atoms with van der Waals surface area (Å²) in [7, 11) is 0. The molecule has 3 saturated heterocycles. The zero-order chi connectivity index (χ0) is 28.5. The molecule has 0 unspecified atom stereocenters. The Labute approximate surface area is 236 Å². The summed E-state index contributed by atoms with van der Waals surface area (Å²) in [5, 5.41) is 6.12. The van der Waals surface area contributed by atoms with Crippen molar-refractivity contribution in [2.45, 2.75) is 25.9 Å². The fourth-order valence-electron chi connectivity index (χ4n) is 5.12. The maximum atomic E-state index is 13.0. The fourth-order valence-corrected chi connectivity index (χ4v) is 5.12. The Morgan fingerprint density at radius 3 is 1.30 bits per heavy atom. The van der Waals surface area contributed by atoms with E-state index < -0.39 is 11.8 Å². The predicted octanol–water partition coefficient (Wildman–Crippen LogP) is 1.03. The highest BCUT2D eigenvalue weighted by Gasteiger charge is 2.33. The first-order chi connectivity index (χ1) is 19.3. The highest BCUT2D eigenvalue weighted by Crippen LogP contribution is 2.13. The second-order valence-electron chi connectivity index (χ2n) is 10.5. The average Bonchev–Trinajstić information content (AvgIpc) is 2.95. The van der Waals surface area contributed by atoms with Crippen molar-refractivity contribution >= 4 is 23.6 Å². The minimum Gasteiger partial charge on any atom is -0.348 e. The van der Waals surface area contributed by atoms with Crippen LogP contribution in [0.1, 0.15) is 37.1 Å². The number of hydrogen-bond donors (Lipinski definition) is 2. The average molecular weight is 549 g/mol. The number of rotatable bonds is 8. The Hall–Kier alpha value is -3.76. The molecule has 10 nitrogen and oxygen atoms in total. The van der Waals surface area contributed by atoms with Crippen LogP contribution in [0.15, 0.2) is 60.7 Å². The monoisotopic (exact) mass is 548 g/mol. The van der Waals surface area contributed by atoms with Gasteiger partial charge >= 0.3 is 11.8 Å². The van der Waals surface area contributed by atoms with E-state index in [1.165, 1.54) is 0 Å². The van der Waals surface area contributed by atoms with Crippen LogP contribution in [0.5, 0.6) is 0 Å². The Balaban J connectivity index is 1.41. The maximum Gasteiger partial charge on any atom is 0.312 e. The smallest absolute Gasteiger partial charge is 0.312 e. The molecule has 0 spiro atoms. The van der Waals surface area contributed by atoms with Gasteiger partial charge in [-0.15, -0.1) is 0 Å². The third-order valence-electron chi connectivity index (χ3n) is 7.59. The predicted molar refractivity (Wildman–Crippen MR) is 152 cm³/mol. The largest absolute Gasteiger partial charge is 0.348 e. The van der Waals surface area contributed by atoms with Crippen LogP contribution in [-0.2, 0) is 19.2 Å². The molecule has 0 aromatic heterocycles. The van der Waals surface area contributed by atoms with Gasteiger partial charge in [0.2, 0.25) is 11.8 Å². The molecule has 2 bridgehead atoms. The minimum atomic E-state index is -0.505.